The minimum absolute atomic E-state index is 0.220. The maximum Gasteiger partial charge on any atom is 0.268 e. The minimum Gasteiger partial charge on any atom is -0.449 e. The van der Waals surface area contributed by atoms with Crippen LogP contribution in [0.4, 0.5) is 0 Å². The van der Waals surface area contributed by atoms with Gasteiger partial charge in [0.2, 0.25) is 11.6 Å². The van der Waals surface area contributed by atoms with Gasteiger partial charge in [0.15, 0.2) is 11.5 Å². The third-order valence-corrected chi connectivity index (χ3v) is 3.54. The first-order valence-corrected chi connectivity index (χ1v) is 7.46. The van der Waals surface area contributed by atoms with Crippen molar-refractivity contribution in [2.75, 3.05) is 0 Å². The van der Waals surface area contributed by atoms with Gasteiger partial charge in [0.1, 0.15) is 0 Å². The lowest BCUT2D eigenvalue weighted by molar-refractivity contribution is 0.0781. The van der Waals surface area contributed by atoms with Crippen molar-refractivity contribution in [3.63, 3.8) is 0 Å². The van der Waals surface area contributed by atoms with Crippen molar-refractivity contribution in [3.8, 4) is 0 Å². The second kappa shape index (κ2) is 6.88. The molecule has 0 atom stereocenters. The van der Waals surface area contributed by atoms with E-state index in [1.54, 1.807) is 36.4 Å². The average Bonchev–Trinajstić information content (AvgIpc) is 3.17. The fourth-order valence-electron chi connectivity index (χ4n) is 2.25. The standard InChI is InChI=1S/C20H12O5/c21-17(13-7-3-1-4-8-13)19(23)15-11-12-16(25-15)20(24)18(22)14-9-5-2-6-10-14/h1-12H. The number of furan rings is 1. The molecule has 0 unspecified atom stereocenters. The second-order valence-electron chi connectivity index (χ2n) is 5.21. The summed E-state index contributed by atoms with van der Waals surface area (Å²) in [7, 11) is 0. The first-order valence-electron chi connectivity index (χ1n) is 7.46. The first-order chi connectivity index (χ1) is 12.1. The van der Waals surface area contributed by atoms with Gasteiger partial charge in [0.05, 0.1) is 0 Å². The molecule has 3 rings (SSSR count). The van der Waals surface area contributed by atoms with E-state index in [0.717, 1.165) is 0 Å². The quantitative estimate of drug-likeness (QED) is 0.510. The summed E-state index contributed by atoms with van der Waals surface area (Å²) in [4.78, 5) is 48.6. The van der Waals surface area contributed by atoms with Gasteiger partial charge < -0.3 is 4.42 Å². The van der Waals surface area contributed by atoms with Crippen molar-refractivity contribution in [2.24, 2.45) is 0 Å². The number of ketones is 4. The van der Waals surface area contributed by atoms with Crippen LogP contribution in [0, 0.1) is 0 Å². The van der Waals surface area contributed by atoms with Crippen molar-refractivity contribution >= 4 is 23.1 Å². The minimum atomic E-state index is -0.877. The van der Waals surface area contributed by atoms with Crippen LogP contribution in [0.15, 0.2) is 77.2 Å². The zero-order chi connectivity index (χ0) is 17.8. The van der Waals surface area contributed by atoms with Gasteiger partial charge in [-0.25, -0.2) is 0 Å². The molecule has 1 aromatic heterocycles. The van der Waals surface area contributed by atoms with E-state index in [9.17, 15) is 19.2 Å². The molecule has 0 saturated carbocycles. The summed E-state index contributed by atoms with van der Waals surface area (Å²) in [5, 5.41) is 0. The number of hydrogen-bond donors (Lipinski definition) is 0. The number of carbonyl (C=O) groups excluding carboxylic acids is 4. The summed E-state index contributed by atoms with van der Waals surface area (Å²) < 4.78 is 5.15. The summed E-state index contributed by atoms with van der Waals surface area (Å²) in [5.41, 5.74) is 0.439. The van der Waals surface area contributed by atoms with Crippen molar-refractivity contribution < 1.29 is 23.6 Å². The molecule has 0 bridgehead atoms. The Hall–Kier alpha value is -3.60. The van der Waals surface area contributed by atoms with Crippen LogP contribution in [-0.2, 0) is 0 Å². The normalized spacial score (nSPS) is 10.2. The fourth-order valence-corrected chi connectivity index (χ4v) is 2.25. The lowest BCUT2D eigenvalue weighted by Crippen LogP contribution is -2.15. The molecule has 0 aliphatic carbocycles. The monoisotopic (exact) mass is 332 g/mol. The Morgan fingerprint density at radius 1 is 0.480 bits per heavy atom. The fraction of sp³-hybridized carbons (Fsp3) is 0. The highest BCUT2D eigenvalue weighted by molar-refractivity contribution is 6.50. The molecule has 122 valence electrons. The van der Waals surface area contributed by atoms with E-state index in [-0.39, 0.29) is 22.6 Å². The van der Waals surface area contributed by atoms with Crippen LogP contribution in [0.1, 0.15) is 41.8 Å². The highest BCUT2D eigenvalue weighted by Crippen LogP contribution is 2.15. The van der Waals surface area contributed by atoms with Crippen molar-refractivity contribution in [3.05, 3.63) is 95.4 Å². The number of carbonyl (C=O) groups is 4. The maximum atomic E-state index is 12.2. The van der Waals surface area contributed by atoms with E-state index in [2.05, 4.69) is 0 Å². The molecule has 0 amide bonds. The van der Waals surface area contributed by atoms with Gasteiger partial charge in [0.25, 0.3) is 11.6 Å². The van der Waals surface area contributed by atoms with E-state index in [0.29, 0.717) is 0 Å². The molecule has 5 nitrogen and oxygen atoms in total. The smallest absolute Gasteiger partial charge is 0.268 e. The highest BCUT2D eigenvalue weighted by Gasteiger charge is 2.26. The molecule has 1 heterocycles. The van der Waals surface area contributed by atoms with Crippen LogP contribution >= 0.6 is 0 Å². The molecule has 3 aromatic rings. The summed E-state index contributed by atoms with van der Waals surface area (Å²) in [6.07, 6.45) is 0. The van der Waals surface area contributed by atoms with Crippen LogP contribution in [0.2, 0.25) is 0 Å². The summed E-state index contributed by atoms with van der Waals surface area (Å²) in [6, 6.07) is 18.5. The van der Waals surface area contributed by atoms with Crippen molar-refractivity contribution in [2.45, 2.75) is 0 Å². The number of benzene rings is 2. The molecule has 2 aromatic carbocycles. The highest BCUT2D eigenvalue weighted by atomic mass is 16.4. The molecule has 0 radical (unpaired) electrons. The molecule has 0 aliphatic rings. The van der Waals surface area contributed by atoms with Gasteiger partial charge in [0, 0.05) is 11.1 Å². The third kappa shape index (κ3) is 3.35. The molecule has 25 heavy (non-hydrogen) atoms. The van der Waals surface area contributed by atoms with E-state index in [4.69, 9.17) is 4.42 Å². The largest absolute Gasteiger partial charge is 0.449 e. The van der Waals surface area contributed by atoms with Gasteiger partial charge in [-0.05, 0) is 12.1 Å². The van der Waals surface area contributed by atoms with Crippen molar-refractivity contribution in [1.82, 2.24) is 0 Å². The Kier molecular flexibility index (Phi) is 4.48. The number of hydrogen-bond acceptors (Lipinski definition) is 5. The lowest BCUT2D eigenvalue weighted by atomic mass is 10.1. The second-order valence-corrected chi connectivity index (χ2v) is 5.21. The first kappa shape index (κ1) is 16.3. The Balaban J connectivity index is 1.80. The van der Waals surface area contributed by atoms with E-state index in [1.165, 1.54) is 36.4 Å². The molecule has 5 heteroatoms. The summed E-state index contributed by atoms with van der Waals surface area (Å²) >= 11 is 0. The molecule has 0 spiro atoms. The SMILES string of the molecule is O=C(C(=O)c1ccc(C(=O)C(=O)c2ccccc2)o1)c1ccccc1. The molecule has 0 aliphatic heterocycles. The van der Waals surface area contributed by atoms with Gasteiger partial charge >= 0.3 is 0 Å². The number of rotatable bonds is 6. The Morgan fingerprint density at radius 2 is 0.840 bits per heavy atom. The van der Waals surface area contributed by atoms with Crippen LogP contribution < -0.4 is 0 Å². The summed E-state index contributed by atoms with van der Waals surface area (Å²) in [6.45, 7) is 0. The molecular formula is C20H12O5. The molecular weight excluding hydrogens is 320 g/mol. The van der Waals surface area contributed by atoms with Crippen LogP contribution in [0.5, 0.6) is 0 Å². The van der Waals surface area contributed by atoms with Gasteiger partial charge in [-0.3, -0.25) is 19.2 Å². The van der Waals surface area contributed by atoms with Crippen LogP contribution in [0.3, 0.4) is 0 Å². The van der Waals surface area contributed by atoms with Crippen molar-refractivity contribution in [1.29, 1.82) is 0 Å². The summed E-state index contributed by atoms with van der Waals surface area (Å²) in [5.74, 6) is -3.81. The topological polar surface area (TPSA) is 81.4 Å². The maximum absolute atomic E-state index is 12.2. The van der Waals surface area contributed by atoms with Gasteiger partial charge in [-0.1, -0.05) is 60.7 Å². The Morgan fingerprint density at radius 3 is 1.20 bits per heavy atom. The lowest BCUT2D eigenvalue weighted by Gasteiger charge is -1.99. The number of Topliss-reactive ketones (excluding diaryl/α,β-unsaturated/α-hetero) is 4. The van der Waals surface area contributed by atoms with Crippen LogP contribution in [-0.4, -0.2) is 23.1 Å². The molecule has 0 fully saturated rings. The van der Waals surface area contributed by atoms with Crippen LogP contribution in [0.25, 0.3) is 0 Å². The van der Waals surface area contributed by atoms with E-state index >= 15 is 0 Å². The Bertz CT molecular complexity index is 874. The van der Waals surface area contributed by atoms with E-state index in [1.807, 2.05) is 0 Å². The molecule has 0 N–H and O–H groups in total. The average molecular weight is 332 g/mol. The van der Waals surface area contributed by atoms with Gasteiger partial charge in [-0.15, -0.1) is 0 Å². The predicted octanol–water partition coefficient (Wildman–Crippen LogP) is 3.41. The van der Waals surface area contributed by atoms with E-state index < -0.39 is 23.1 Å². The zero-order valence-electron chi connectivity index (χ0n) is 13.0. The van der Waals surface area contributed by atoms with Gasteiger partial charge in [-0.2, -0.15) is 0 Å². The predicted molar refractivity (Wildman–Crippen MR) is 88.9 cm³/mol. The molecule has 0 saturated heterocycles. The third-order valence-electron chi connectivity index (χ3n) is 3.54. The zero-order valence-corrected chi connectivity index (χ0v) is 13.0. The Labute approximate surface area is 142 Å².